The van der Waals surface area contributed by atoms with Gasteiger partial charge in [0.05, 0.1) is 6.04 Å². The summed E-state index contributed by atoms with van der Waals surface area (Å²) >= 11 is 0. The van der Waals surface area contributed by atoms with Gasteiger partial charge in [0.1, 0.15) is 11.5 Å². The maximum Gasteiger partial charge on any atom is 0.354 e. The van der Waals surface area contributed by atoms with E-state index >= 15 is 0 Å². The Morgan fingerprint density at radius 3 is 2.50 bits per heavy atom. The number of fused-ring (bicyclic) bond motifs is 2. The van der Waals surface area contributed by atoms with E-state index in [1.807, 2.05) is 7.05 Å². The maximum atomic E-state index is 13.0. The van der Waals surface area contributed by atoms with E-state index in [0.717, 1.165) is 61.6 Å². The van der Waals surface area contributed by atoms with Crippen molar-refractivity contribution in [3.8, 4) is 0 Å². The minimum atomic E-state index is -3.65. The molecule has 3 aliphatic rings. The van der Waals surface area contributed by atoms with Gasteiger partial charge in [0, 0.05) is 18.4 Å². The van der Waals surface area contributed by atoms with Gasteiger partial charge >= 0.3 is 6.03 Å². The van der Waals surface area contributed by atoms with Crippen molar-refractivity contribution in [3.63, 3.8) is 0 Å². The van der Waals surface area contributed by atoms with Crippen molar-refractivity contribution in [1.82, 2.24) is 10.6 Å². The Morgan fingerprint density at radius 1 is 1.30 bits per heavy atom. The molecule has 1 saturated heterocycles. The molecule has 6 N–H and O–H groups in total. The number of carbonyl (C=O) groups is 1. The number of nitrogens with zero attached hydrogens (tertiary/aromatic N) is 1. The summed E-state index contributed by atoms with van der Waals surface area (Å²) in [5.41, 5.74) is 5.68. The van der Waals surface area contributed by atoms with E-state index in [2.05, 4.69) is 26.4 Å². The molecule has 9 nitrogen and oxygen atoms in total. The van der Waals surface area contributed by atoms with Crippen LogP contribution in [0.5, 0.6) is 0 Å². The number of benzene rings is 1. The number of ether oxygens (including phenoxy) is 1. The first-order valence-corrected chi connectivity index (χ1v) is 11.8. The van der Waals surface area contributed by atoms with E-state index in [-0.39, 0.29) is 16.8 Å². The zero-order valence-electron chi connectivity index (χ0n) is 17.0. The molecule has 0 bridgehead atoms. The first-order valence-electron chi connectivity index (χ1n) is 10.2. The molecule has 10 heteroatoms. The van der Waals surface area contributed by atoms with Crippen LogP contribution in [0.15, 0.2) is 21.2 Å². The molecule has 30 heavy (non-hydrogen) atoms. The molecule has 1 fully saturated rings. The van der Waals surface area contributed by atoms with Crippen LogP contribution < -0.4 is 21.1 Å². The number of nitrogens with two attached hydrogens (primary N) is 1. The first-order chi connectivity index (χ1) is 14.4. The number of anilines is 1. The lowest BCUT2D eigenvalue weighted by atomic mass is 9.99. The molecule has 2 aliphatic carbocycles. The van der Waals surface area contributed by atoms with Gasteiger partial charge in [-0.3, -0.25) is 0 Å². The molecular formula is C20H28N6O3S. The number of aryl methyl sites for hydroxylation is 2. The van der Waals surface area contributed by atoms with E-state index < -0.39 is 15.9 Å². The molecule has 1 heterocycles. The van der Waals surface area contributed by atoms with Gasteiger partial charge in [-0.2, -0.15) is 0 Å². The van der Waals surface area contributed by atoms with Crippen molar-refractivity contribution in [1.29, 1.82) is 5.41 Å². The summed E-state index contributed by atoms with van der Waals surface area (Å²) < 4.78 is 22.3. The summed E-state index contributed by atoms with van der Waals surface area (Å²) in [5.74, 6) is 0.127. The van der Waals surface area contributed by atoms with Crippen molar-refractivity contribution in [2.24, 2.45) is 9.50 Å². The van der Waals surface area contributed by atoms with Crippen LogP contribution in [0.3, 0.4) is 0 Å². The highest BCUT2D eigenvalue weighted by Gasteiger charge is 2.26. The van der Waals surface area contributed by atoms with E-state index in [1.54, 1.807) is 0 Å². The Kier molecular flexibility index (Phi) is 5.81. The van der Waals surface area contributed by atoms with Crippen LogP contribution >= 0.6 is 0 Å². The molecule has 1 aromatic rings. The van der Waals surface area contributed by atoms with Crippen molar-refractivity contribution < 1.29 is 13.7 Å². The quantitative estimate of drug-likeness (QED) is 0.459. The Balaban J connectivity index is 1.62. The van der Waals surface area contributed by atoms with Crippen molar-refractivity contribution in [2.75, 3.05) is 25.5 Å². The summed E-state index contributed by atoms with van der Waals surface area (Å²) in [7, 11) is -1.84. The molecule has 2 amide bonds. The number of allylic oxidation sites excluding steroid dienone is 1. The van der Waals surface area contributed by atoms with Crippen molar-refractivity contribution in [3.05, 3.63) is 39.1 Å². The van der Waals surface area contributed by atoms with Gasteiger partial charge in [-0.05, 0) is 67.8 Å². The molecule has 0 spiro atoms. The van der Waals surface area contributed by atoms with Crippen LogP contribution in [-0.2, 0) is 40.3 Å². The van der Waals surface area contributed by atoms with Gasteiger partial charge in [-0.15, -0.1) is 4.36 Å². The highest BCUT2D eigenvalue weighted by molar-refractivity contribution is 7.96. The predicted octanol–water partition coefficient (Wildman–Crippen LogP) is 1.56. The minimum Gasteiger partial charge on any atom is -0.477 e. The van der Waals surface area contributed by atoms with E-state index in [4.69, 9.17) is 15.3 Å². The summed E-state index contributed by atoms with van der Waals surface area (Å²) in [6.45, 7) is 0.855. The van der Waals surface area contributed by atoms with Gasteiger partial charge in [-0.1, -0.05) is 6.07 Å². The predicted molar refractivity (Wildman–Crippen MR) is 117 cm³/mol. The smallest absolute Gasteiger partial charge is 0.354 e. The molecular weight excluding hydrogens is 404 g/mol. The van der Waals surface area contributed by atoms with Gasteiger partial charge in [0.25, 0.3) is 0 Å². The molecule has 0 radical (unpaired) electrons. The third-order valence-corrected chi connectivity index (χ3v) is 7.31. The summed E-state index contributed by atoms with van der Waals surface area (Å²) in [4.78, 5) is 12.6. The molecule has 0 saturated carbocycles. The van der Waals surface area contributed by atoms with E-state index in [0.29, 0.717) is 13.2 Å². The molecule has 162 valence electrons. The van der Waals surface area contributed by atoms with E-state index in [9.17, 15) is 9.00 Å². The summed E-state index contributed by atoms with van der Waals surface area (Å²) in [6, 6.07) is 1.59. The number of nitrogens with one attached hydrogen (secondary N) is 4. The van der Waals surface area contributed by atoms with Crippen LogP contribution in [0.1, 0.15) is 35.1 Å². The fourth-order valence-corrected chi connectivity index (χ4v) is 5.36. The highest BCUT2D eigenvalue weighted by atomic mass is 32.2. The number of hydrogen-bond donors (Lipinski definition) is 5. The number of rotatable bonds is 4. The number of likely N-dealkylation sites (N-methyl/N-ethyl adjacent to an activating group) is 1. The van der Waals surface area contributed by atoms with Gasteiger partial charge in [0.15, 0.2) is 9.92 Å². The molecule has 1 aliphatic heterocycles. The Bertz CT molecular complexity index is 999. The fraction of sp³-hybridized carbons (Fsp3) is 0.500. The third kappa shape index (κ3) is 3.94. The van der Waals surface area contributed by atoms with Gasteiger partial charge < -0.3 is 26.1 Å². The first kappa shape index (κ1) is 20.8. The lowest BCUT2D eigenvalue weighted by Crippen LogP contribution is -2.45. The Hall–Kier alpha value is -2.43. The van der Waals surface area contributed by atoms with Crippen LogP contribution in [0.4, 0.5) is 10.5 Å². The second-order valence-corrected chi connectivity index (χ2v) is 9.60. The lowest BCUT2D eigenvalue weighted by Gasteiger charge is -2.27. The standard InChI is InChI=1S/C20H28N6O3S/c1-23-14-10-24-19(29-11-14)17(9-21)30(22,28)26-20(27)25-18-15-6-2-4-12(15)8-13-5-3-7-16(13)18/h8-9,14,21,23-24H,2-7,10-11H2,1H3,(H3,22,25,26,27,28)/b19-17-,21-9?/t14-,30?/m0/s1. The largest absolute Gasteiger partial charge is 0.477 e. The average Bonchev–Trinajstić information content (AvgIpc) is 3.37. The zero-order chi connectivity index (χ0) is 21.3. The number of amides is 2. The van der Waals surface area contributed by atoms with Gasteiger partial charge in [0.2, 0.25) is 5.88 Å². The number of hydrogen-bond acceptors (Lipinski definition) is 6. The van der Waals surface area contributed by atoms with Crippen molar-refractivity contribution >= 4 is 27.8 Å². The van der Waals surface area contributed by atoms with Crippen LogP contribution in [-0.4, -0.2) is 42.7 Å². The number of urea groups is 1. The SMILES string of the molecule is CN[C@H]1CN/C(=C(\C=N)S(N)(=O)=NC(=O)Nc2c3c(cc4c2CCC4)CCC3)OC1. The van der Waals surface area contributed by atoms with Gasteiger partial charge in [-0.25, -0.2) is 14.1 Å². The van der Waals surface area contributed by atoms with Crippen LogP contribution in [0.2, 0.25) is 0 Å². The second kappa shape index (κ2) is 8.37. The second-order valence-electron chi connectivity index (χ2n) is 7.84. The van der Waals surface area contributed by atoms with Crippen LogP contribution in [0.25, 0.3) is 0 Å². The summed E-state index contributed by atoms with van der Waals surface area (Å²) in [5, 5.41) is 22.4. The lowest BCUT2D eigenvalue weighted by molar-refractivity contribution is 0.129. The molecule has 2 atom stereocenters. The highest BCUT2D eigenvalue weighted by Crippen LogP contribution is 2.38. The molecule has 1 unspecified atom stereocenters. The Labute approximate surface area is 176 Å². The topological polar surface area (TPSA) is 142 Å². The van der Waals surface area contributed by atoms with Crippen LogP contribution in [0, 0.1) is 5.41 Å². The minimum absolute atomic E-state index is 0.0806. The molecule has 4 rings (SSSR count). The zero-order valence-corrected chi connectivity index (χ0v) is 17.9. The number of carbonyl (C=O) groups excluding carboxylic acids is 1. The monoisotopic (exact) mass is 432 g/mol. The van der Waals surface area contributed by atoms with E-state index in [1.165, 1.54) is 11.1 Å². The maximum absolute atomic E-state index is 13.0. The average molecular weight is 433 g/mol. The molecule has 0 aromatic heterocycles. The fourth-order valence-electron chi connectivity index (χ4n) is 4.41. The third-order valence-electron chi connectivity index (χ3n) is 5.94. The summed E-state index contributed by atoms with van der Waals surface area (Å²) in [6.07, 6.45) is 6.80. The molecule has 1 aromatic carbocycles. The normalized spacial score (nSPS) is 23.3. The Morgan fingerprint density at radius 2 is 1.97 bits per heavy atom. The van der Waals surface area contributed by atoms with Crippen molar-refractivity contribution in [2.45, 2.75) is 44.6 Å².